The van der Waals surface area contributed by atoms with Crippen molar-refractivity contribution in [2.24, 2.45) is 0 Å². The molecule has 0 saturated carbocycles. The summed E-state index contributed by atoms with van der Waals surface area (Å²) in [5.74, 6) is -0.333. The predicted octanol–water partition coefficient (Wildman–Crippen LogP) is 3.17. The molecular weight excluding hydrogens is 273 g/mol. The van der Waals surface area contributed by atoms with Gasteiger partial charge in [-0.1, -0.05) is 0 Å². The van der Waals surface area contributed by atoms with Crippen LogP contribution in [0.1, 0.15) is 32.0 Å². The third kappa shape index (κ3) is 5.05. The quantitative estimate of drug-likeness (QED) is 0.798. The summed E-state index contributed by atoms with van der Waals surface area (Å²) in [7, 11) is 0. The molecule has 4 nitrogen and oxygen atoms in total. The van der Waals surface area contributed by atoms with Gasteiger partial charge in [-0.2, -0.15) is 18.4 Å². The first-order valence-electron chi connectivity index (χ1n) is 5.88. The number of ether oxygens (including phenoxy) is 2. The molecule has 0 fully saturated rings. The monoisotopic (exact) mass is 288 g/mol. The van der Waals surface area contributed by atoms with Crippen molar-refractivity contribution >= 4 is 0 Å². The van der Waals surface area contributed by atoms with E-state index in [9.17, 15) is 13.2 Å². The number of hydrogen-bond acceptors (Lipinski definition) is 4. The SMILES string of the molecule is CC(C)(C)OCCOc1nc(C(F)(F)F)ccc1C#N. The number of halogens is 3. The highest BCUT2D eigenvalue weighted by Gasteiger charge is 2.33. The van der Waals surface area contributed by atoms with Crippen LogP contribution in [0.25, 0.3) is 0 Å². The molecule has 0 bridgehead atoms. The summed E-state index contributed by atoms with van der Waals surface area (Å²) in [6, 6.07) is 3.52. The molecule has 1 rings (SSSR count). The van der Waals surface area contributed by atoms with Crippen LogP contribution in [0.4, 0.5) is 13.2 Å². The Balaban J connectivity index is 2.75. The number of pyridine rings is 1. The van der Waals surface area contributed by atoms with E-state index in [1.807, 2.05) is 20.8 Å². The summed E-state index contributed by atoms with van der Waals surface area (Å²) in [6.07, 6.45) is -4.58. The van der Waals surface area contributed by atoms with Gasteiger partial charge in [0.15, 0.2) is 0 Å². The molecule has 0 radical (unpaired) electrons. The second-order valence-corrected chi connectivity index (χ2v) is 4.97. The second-order valence-electron chi connectivity index (χ2n) is 4.97. The Kier molecular flexibility index (Phi) is 4.95. The predicted molar refractivity (Wildman–Crippen MR) is 65.2 cm³/mol. The van der Waals surface area contributed by atoms with Gasteiger partial charge in [0.25, 0.3) is 0 Å². The Labute approximate surface area is 115 Å². The molecule has 0 aromatic carbocycles. The number of hydrogen-bond donors (Lipinski definition) is 0. The molecule has 0 atom stereocenters. The largest absolute Gasteiger partial charge is 0.474 e. The molecule has 0 N–H and O–H groups in total. The average molecular weight is 288 g/mol. The highest BCUT2D eigenvalue weighted by Crippen LogP contribution is 2.29. The lowest BCUT2D eigenvalue weighted by molar-refractivity contribution is -0.141. The van der Waals surface area contributed by atoms with Gasteiger partial charge in [-0.3, -0.25) is 0 Å². The first-order chi connectivity index (χ1) is 9.13. The highest BCUT2D eigenvalue weighted by molar-refractivity contribution is 5.39. The number of aromatic nitrogens is 1. The van der Waals surface area contributed by atoms with Gasteiger partial charge < -0.3 is 9.47 Å². The zero-order valence-electron chi connectivity index (χ0n) is 11.4. The maximum absolute atomic E-state index is 12.5. The molecule has 0 aliphatic heterocycles. The lowest BCUT2D eigenvalue weighted by atomic mass is 10.2. The van der Waals surface area contributed by atoms with Crippen LogP contribution in [0, 0.1) is 11.3 Å². The normalized spacial score (nSPS) is 12.1. The Morgan fingerprint density at radius 3 is 2.35 bits per heavy atom. The van der Waals surface area contributed by atoms with E-state index in [1.54, 1.807) is 6.07 Å². The van der Waals surface area contributed by atoms with Crippen LogP contribution in [0.2, 0.25) is 0 Å². The van der Waals surface area contributed by atoms with E-state index in [0.29, 0.717) is 0 Å². The third-order valence-electron chi connectivity index (χ3n) is 2.13. The first kappa shape index (κ1) is 16.2. The van der Waals surface area contributed by atoms with Gasteiger partial charge in [-0.15, -0.1) is 0 Å². The van der Waals surface area contributed by atoms with Gasteiger partial charge in [0.1, 0.15) is 23.9 Å². The summed E-state index contributed by atoms with van der Waals surface area (Å²) >= 11 is 0. The van der Waals surface area contributed by atoms with Crippen LogP contribution in [-0.2, 0) is 10.9 Å². The third-order valence-corrected chi connectivity index (χ3v) is 2.13. The van der Waals surface area contributed by atoms with E-state index in [1.165, 1.54) is 0 Å². The van der Waals surface area contributed by atoms with E-state index in [2.05, 4.69) is 4.98 Å². The molecule has 0 amide bonds. The van der Waals surface area contributed by atoms with Gasteiger partial charge >= 0.3 is 6.18 Å². The van der Waals surface area contributed by atoms with Crippen molar-refractivity contribution in [2.45, 2.75) is 32.5 Å². The van der Waals surface area contributed by atoms with Gasteiger partial charge in [0, 0.05) is 0 Å². The van der Waals surface area contributed by atoms with Gasteiger partial charge in [-0.25, -0.2) is 4.98 Å². The van der Waals surface area contributed by atoms with Crippen LogP contribution in [0.5, 0.6) is 5.88 Å². The Morgan fingerprint density at radius 1 is 1.20 bits per heavy atom. The Hall–Kier alpha value is -1.81. The number of nitrogens with zero attached hydrogens (tertiary/aromatic N) is 2. The summed E-state index contributed by atoms with van der Waals surface area (Å²) < 4.78 is 48.0. The molecule has 0 saturated heterocycles. The second kappa shape index (κ2) is 6.09. The Morgan fingerprint density at radius 2 is 1.85 bits per heavy atom. The molecule has 0 unspecified atom stereocenters. The zero-order valence-corrected chi connectivity index (χ0v) is 11.4. The maximum Gasteiger partial charge on any atom is 0.433 e. The summed E-state index contributed by atoms with van der Waals surface area (Å²) in [6.45, 7) is 5.73. The first-order valence-corrected chi connectivity index (χ1v) is 5.88. The average Bonchev–Trinajstić information content (AvgIpc) is 2.32. The molecule has 1 heterocycles. The fraction of sp³-hybridized carbons (Fsp3) is 0.538. The van der Waals surface area contributed by atoms with Crippen LogP contribution in [0.15, 0.2) is 12.1 Å². The minimum absolute atomic E-state index is 0.0141. The Bertz CT molecular complexity index is 502. The lowest BCUT2D eigenvalue weighted by Crippen LogP contribution is -2.22. The van der Waals surface area contributed by atoms with Gasteiger partial charge in [0.2, 0.25) is 5.88 Å². The molecule has 1 aromatic rings. The van der Waals surface area contributed by atoms with E-state index < -0.39 is 11.9 Å². The van der Waals surface area contributed by atoms with Crippen molar-refractivity contribution in [3.63, 3.8) is 0 Å². The summed E-state index contributed by atoms with van der Waals surface area (Å²) in [5.41, 5.74) is -1.51. The highest BCUT2D eigenvalue weighted by atomic mass is 19.4. The van der Waals surface area contributed by atoms with E-state index in [4.69, 9.17) is 14.7 Å². The number of alkyl halides is 3. The zero-order chi connectivity index (χ0) is 15.4. The molecule has 110 valence electrons. The van der Waals surface area contributed by atoms with Crippen LogP contribution in [-0.4, -0.2) is 23.8 Å². The minimum atomic E-state index is -4.58. The van der Waals surface area contributed by atoms with Crippen LogP contribution >= 0.6 is 0 Å². The minimum Gasteiger partial charge on any atom is -0.474 e. The molecule has 1 aromatic heterocycles. The van der Waals surface area contributed by atoms with E-state index in [0.717, 1.165) is 12.1 Å². The summed E-state index contributed by atoms with van der Waals surface area (Å²) in [4.78, 5) is 3.32. The fourth-order valence-electron chi connectivity index (χ4n) is 1.28. The summed E-state index contributed by atoms with van der Waals surface area (Å²) in [5, 5.41) is 8.82. The number of nitriles is 1. The van der Waals surface area contributed by atoms with Crippen molar-refractivity contribution < 1.29 is 22.6 Å². The maximum atomic E-state index is 12.5. The lowest BCUT2D eigenvalue weighted by Gasteiger charge is -2.19. The van der Waals surface area contributed by atoms with Crippen molar-refractivity contribution in [2.75, 3.05) is 13.2 Å². The van der Waals surface area contributed by atoms with E-state index >= 15 is 0 Å². The molecule has 20 heavy (non-hydrogen) atoms. The molecular formula is C13H15F3N2O2. The standard InChI is InChI=1S/C13H15F3N2O2/c1-12(2,3)20-7-6-19-11-9(8-17)4-5-10(18-11)13(14,15)16/h4-5H,6-7H2,1-3H3. The van der Waals surface area contributed by atoms with Crippen molar-refractivity contribution in [3.8, 4) is 11.9 Å². The van der Waals surface area contributed by atoms with Crippen molar-refractivity contribution in [3.05, 3.63) is 23.4 Å². The molecule has 7 heteroatoms. The molecule has 0 aliphatic carbocycles. The van der Waals surface area contributed by atoms with Crippen LogP contribution in [0.3, 0.4) is 0 Å². The molecule has 0 spiro atoms. The van der Waals surface area contributed by atoms with E-state index in [-0.39, 0.29) is 30.3 Å². The topological polar surface area (TPSA) is 55.1 Å². The van der Waals surface area contributed by atoms with Gasteiger partial charge in [0.05, 0.1) is 12.2 Å². The smallest absolute Gasteiger partial charge is 0.433 e. The molecule has 0 aliphatic rings. The fourth-order valence-corrected chi connectivity index (χ4v) is 1.28. The number of rotatable bonds is 4. The van der Waals surface area contributed by atoms with Gasteiger partial charge in [-0.05, 0) is 32.9 Å². The van der Waals surface area contributed by atoms with Crippen molar-refractivity contribution in [1.29, 1.82) is 5.26 Å². The van der Waals surface area contributed by atoms with Crippen molar-refractivity contribution in [1.82, 2.24) is 4.98 Å². The van der Waals surface area contributed by atoms with Crippen LogP contribution < -0.4 is 4.74 Å².